The van der Waals surface area contributed by atoms with Gasteiger partial charge in [0.1, 0.15) is 0 Å². The molecule has 1 rings (SSSR count). The quantitative estimate of drug-likeness (QED) is 0.713. The molecule has 0 fully saturated rings. The van der Waals surface area contributed by atoms with Crippen molar-refractivity contribution in [2.24, 2.45) is 0 Å². The van der Waals surface area contributed by atoms with Gasteiger partial charge in [0.2, 0.25) is 0 Å². The zero-order valence-corrected chi connectivity index (χ0v) is 9.53. The molecule has 0 bridgehead atoms. The van der Waals surface area contributed by atoms with E-state index in [1.165, 1.54) is 9.56 Å². The zero-order valence-electron chi connectivity index (χ0n) is 7.66. The maximum absolute atomic E-state index is 5.72. The van der Waals surface area contributed by atoms with Crippen LogP contribution in [0.1, 0.15) is 13.8 Å². The van der Waals surface area contributed by atoms with Crippen molar-refractivity contribution in [2.75, 3.05) is 6.61 Å². The normalized spacial score (nSPS) is 12.8. The molecule has 0 aliphatic heterocycles. The summed E-state index contributed by atoms with van der Waals surface area (Å²) < 4.78 is 7.15. The molecule has 0 aliphatic rings. The average molecular weight is 226 g/mol. The molecule has 1 atom stereocenters. The Morgan fingerprint density at radius 2 is 1.83 bits per heavy atom. The van der Waals surface area contributed by atoms with Gasteiger partial charge in [0.15, 0.2) is 0 Å². The fourth-order valence-corrected chi connectivity index (χ4v) is 4.27. The summed E-state index contributed by atoms with van der Waals surface area (Å²) in [6.45, 7) is 5.13. The molecule has 0 amide bonds. The molecule has 66 valence electrons. The first kappa shape index (κ1) is 9.82. The van der Waals surface area contributed by atoms with Crippen molar-refractivity contribution in [3.05, 3.63) is 30.3 Å². The van der Waals surface area contributed by atoms with Crippen LogP contribution in [0.4, 0.5) is 0 Å². The van der Waals surface area contributed by atoms with Gasteiger partial charge >= 0.3 is 79.1 Å². The molecular weight excluding hydrogens is 211 g/mol. The van der Waals surface area contributed by atoms with E-state index in [1.807, 2.05) is 0 Å². The number of benzene rings is 1. The standard InChI is InChI=1S/C10H15AsO/c1-3-11(12-4-2)10-8-6-5-7-9-10/h5-9H,3-4H2,1-2H3. The molecule has 1 unspecified atom stereocenters. The Bertz CT molecular complexity index is 210. The fraction of sp³-hybridized carbons (Fsp3) is 0.400. The second kappa shape index (κ2) is 5.40. The molecule has 12 heavy (non-hydrogen) atoms. The van der Waals surface area contributed by atoms with Gasteiger partial charge in [0, 0.05) is 0 Å². The van der Waals surface area contributed by atoms with Crippen LogP contribution in [0.15, 0.2) is 30.3 Å². The predicted octanol–water partition coefficient (Wildman–Crippen LogP) is 1.94. The first-order valence-electron chi connectivity index (χ1n) is 4.34. The molecular formula is C10H15AsO. The molecule has 1 aromatic rings. The van der Waals surface area contributed by atoms with Crippen molar-refractivity contribution in [1.29, 1.82) is 0 Å². The van der Waals surface area contributed by atoms with Gasteiger partial charge in [-0.25, -0.2) is 0 Å². The zero-order chi connectivity index (χ0) is 8.81. The summed E-state index contributed by atoms with van der Waals surface area (Å²) in [6, 6.07) is 10.6. The van der Waals surface area contributed by atoms with Crippen LogP contribution in [0, 0.1) is 0 Å². The van der Waals surface area contributed by atoms with Gasteiger partial charge in [-0.3, -0.25) is 0 Å². The van der Waals surface area contributed by atoms with E-state index >= 15 is 0 Å². The van der Waals surface area contributed by atoms with E-state index in [1.54, 1.807) is 0 Å². The maximum atomic E-state index is 5.72. The summed E-state index contributed by atoms with van der Waals surface area (Å²) in [4.78, 5) is 0. The second-order valence-electron chi connectivity index (χ2n) is 2.45. The third-order valence-corrected chi connectivity index (χ3v) is 5.85. The van der Waals surface area contributed by atoms with Gasteiger partial charge < -0.3 is 0 Å². The van der Waals surface area contributed by atoms with Gasteiger partial charge in [0.25, 0.3) is 0 Å². The minimum atomic E-state index is -1.14. The number of rotatable bonds is 4. The Hall–Kier alpha value is -0.262. The molecule has 0 heterocycles. The van der Waals surface area contributed by atoms with Gasteiger partial charge in [-0.1, -0.05) is 0 Å². The monoisotopic (exact) mass is 226 g/mol. The van der Waals surface area contributed by atoms with Gasteiger partial charge in [-0.05, 0) is 0 Å². The van der Waals surface area contributed by atoms with Crippen molar-refractivity contribution in [1.82, 2.24) is 0 Å². The summed E-state index contributed by atoms with van der Waals surface area (Å²) in [5.41, 5.74) is 0. The fourth-order valence-electron chi connectivity index (χ4n) is 1.10. The van der Waals surface area contributed by atoms with Crippen LogP contribution in [0.2, 0.25) is 5.21 Å². The van der Waals surface area contributed by atoms with E-state index in [9.17, 15) is 0 Å². The second-order valence-corrected chi connectivity index (χ2v) is 6.99. The Morgan fingerprint density at radius 1 is 1.17 bits per heavy atom. The van der Waals surface area contributed by atoms with Crippen molar-refractivity contribution >= 4 is 19.3 Å². The van der Waals surface area contributed by atoms with E-state index in [4.69, 9.17) is 3.73 Å². The Morgan fingerprint density at radius 3 is 2.33 bits per heavy atom. The predicted molar refractivity (Wildman–Crippen MR) is 53.9 cm³/mol. The molecule has 0 N–H and O–H groups in total. The molecule has 1 nitrogen and oxygen atoms in total. The molecule has 0 saturated carbocycles. The van der Waals surface area contributed by atoms with Crippen LogP contribution in [0.3, 0.4) is 0 Å². The van der Waals surface area contributed by atoms with E-state index < -0.39 is 15.0 Å². The SMILES string of the molecule is CCO[As](CC)c1ccccc1. The van der Waals surface area contributed by atoms with Gasteiger partial charge in [-0.15, -0.1) is 0 Å². The van der Waals surface area contributed by atoms with E-state index in [2.05, 4.69) is 44.2 Å². The Kier molecular flexibility index (Phi) is 4.42. The van der Waals surface area contributed by atoms with Gasteiger partial charge in [0.05, 0.1) is 0 Å². The number of hydrogen-bond donors (Lipinski definition) is 0. The van der Waals surface area contributed by atoms with Crippen LogP contribution >= 0.6 is 0 Å². The van der Waals surface area contributed by atoms with Crippen LogP contribution in [-0.4, -0.2) is 21.6 Å². The molecule has 0 aliphatic carbocycles. The minimum absolute atomic E-state index is 0.850. The van der Waals surface area contributed by atoms with Crippen molar-refractivity contribution in [3.63, 3.8) is 0 Å². The Balaban J connectivity index is 2.66. The third kappa shape index (κ3) is 2.65. The first-order chi connectivity index (χ1) is 5.88. The van der Waals surface area contributed by atoms with Crippen molar-refractivity contribution in [3.8, 4) is 0 Å². The molecule has 0 saturated heterocycles. The summed E-state index contributed by atoms with van der Waals surface area (Å²) in [6.07, 6.45) is 0. The molecule has 0 aromatic heterocycles. The van der Waals surface area contributed by atoms with Crippen LogP contribution in [-0.2, 0) is 3.73 Å². The van der Waals surface area contributed by atoms with Crippen LogP contribution in [0.25, 0.3) is 0 Å². The Labute approximate surface area is 79.4 Å². The molecule has 0 radical (unpaired) electrons. The molecule has 2 heteroatoms. The van der Waals surface area contributed by atoms with Gasteiger partial charge in [-0.2, -0.15) is 0 Å². The average Bonchev–Trinajstić information content (AvgIpc) is 2.15. The topological polar surface area (TPSA) is 9.23 Å². The molecule has 0 spiro atoms. The number of hydrogen-bond acceptors (Lipinski definition) is 1. The van der Waals surface area contributed by atoms with Crippen LogP contribution in [0.5, 0.6) is 0 Å². The van der Waals surface area contributed by atoms with Crippen molar-refractivity contribution in [2.45, 2.75) is 19.1 Å². The summed E-state index contributed by atoms with van der Waals surface area (Å²) in [5, 5.41) is 1.19. The molecule has 1 aromatic carbocycles. The van der Waals surface area contributed by atoms with E-state index in [0.29, 0.717) is 0 Å². The van der Waals surface area contributed by atoms with E-state index in [-0.39, 0.29) is 0 Å². The summed E-state index contributed by atoms with van der Waals surface area (Å²) >= 11 is -1.14. The van der Waals surface area contributed by atoms with Crippen molar-refractivity contribution < 1.29 is 3.73 Å². The first-order valence-corrected chi connectivity index (χ1v) is 7.37. The summed E-state index contributed by atoms with van der Waals surface area (Å²) in [5.74, 6) is 0. The van der Waals surface area contributed by atoms with Crippen LogP contribution < -0.4 is 4.35 Å². The van der Waals surface area contributed by atoms with E-state index in [0.717, 1.165) is 6.61 Å². The summed E-state index contributed by atoms with van der Waals surface area (Å²) in [7, 11) is 0. The third-order valence-electron chi connectivity index (χ3n) is 1.62.